The Morgan fingerprint density at radius 1 is 1.40 bits per heavy atom. The van der Waals surface area contributed by atoms with Gasteiger partial charge in [0.1, 0.15) is 0 Å². The lowest BCUT2D eigenvalue weighted by atomic mass is 10.3. The van der Waals surface area contributed by atoms with Gasteiger partial charge in [-0.25, -0.2) is 4.68 Å². The zero-order chi connectivity index (χ0) is 14.5. The zero-order valence-electron chi connectivity index (χ0n) is 11.4. The number of carbonyl (C=O) groups is 1. The Balaban J connectivity index is 2.31. The number of nitrogens with one attached hydrogen (secondary N) is 1. The highest BCUT2D eigenvalue weighted by molar-refractivity contribution is 9.10. The third kappa shape index (κ3) is 3.19. The van der Waals surface area contributed by atoms with Gasteiger partial charge in [-0.05, 0) is 30.7 Å². The fourth-order valence-corrected chi connectivity index (χ4v) is 1.98. The molecule has 106 valence electrons. The molecular formula is C14H16BrN3O2. The van der Waals surface area contributed by atoms with Crippen molar-refractivity contribution < 1.29 is 9.53 Å². The number of hydrogen-bond donors (Lipinski definition) is 1. The van der Waals surface area contributed by atoms with E-state index in [0.717, 1.165) is 16.6 Å². The summed E-state index contributed by atoms with van der Waals surface area (Å²) in [5, 5.41) is 7.09. The minimum atomic E-state index is -0.194. The second kappa shape index (κ2) is 6.56. The van der Waals surface area contributed by atoms with Crippen molar-refractivity contribution in [3.8, 4) is 11.6 Å². The lowest BCUT2D eigenvalue weighted by Gasteiger charge is -2.05. The van der Waals surface area contributed by atoms with Gasteiger partial charge in [0.05, 0.1) is 12.8 Å². The average molecular weight is 338 g/mol. The van der Waals surface area contributed by atoms with Crippen molar-refractivity contribution in [3.05, 3.63) is 40.5 Å². The van der Waals surface area contributed by atoms with Crippen LogP contribution in [0.1, 0.15) is 23.8 Å². The molecule has 0 aliphatic carbocycles. The van der Waals surface area contributed by atoms with E-state index in [2.05, 4.69) is 26.3 Å². The van der Waals surface area contributed by atoms with Crippen LogP contribution in [0, 0.1) is 0 Å². The van der Waals surface area contributed by atoms with Crippen LogP contribution in [0.2, 0.25) is 0 Å². The minimum absolute atomic E-state index is 0.194. The van der Waals surface area contributed by atoms with E-state index in [4.69, 9.17) is 4.74 Å². The Kier molecular flexibility index (Phi) is 4.79. The summed E-state index contributed by atoms with van der Waals surface area (Å²) in [5.74, 6) is 0.329. The van der Waals surface area contributed by atoms with Gasteiger partial charge in [-0.1, -0.05) is 22.9 Å². The molecule has 1 N–H and O–H groups in total. The van der Waals surface area contributed by atoms with Crippen LogP contribution in [-0.4, -0.2) is 29.3 Å². The molecule has 5 nitrogen and oxygen atoms in total. The third-order valence-electron chi connectivity index (χ3n) is 2.73. The van der Waals surface area contributed by atoms with Gasteiger partial charge in [0, 0.05) is 17.1 Å². The molecule has 20 heavy (non-hydrogen) atoms. The van der Waals surface area contributed by atoms with E-state index in [1.54, 1.807) is 17.9 Å². The van der Waals surface area contributed by atoms with Crippen LogP contribution in [0.5, 0.6) is 5.88 Å². The highest BCUT2D eigenvalue weighted by Crippen LogP contribution is 2.21. The fraction of sp³-hybridized carbons (Fsp3) is 0.286. The summed E-state index contributed by atoms with van der Waals surface area (Å²) in [6.07, 6.45) is 0.885. The molecule has 0 fully saturated rings. The number of halogens is 1. The van der Waals surface area contributed by atoms with Crippen molar-refractivity contribution in [2.45, 2.75) is 13.3 Å². The molecule has 0 saturated heterocycles. The van der Waals surface area contributed by atoms with Crippen LogP contribution in [0.3, 0.4) is 0 Å². The van der Waals surface area contributed by atoms with Crippen molar-refractivity contribution >= 4 is 21.8 Å². The molecule has 1 aromatic heterocycles. The van der Waals surface area contributed by atoms with E-state index in [9.17, 15) is 4.79 Å². The van der Waals surface area contributed by atoms with Gasteiger partial charge in [0.2, 0.25) is 5.88 Å². The molecule has 2 rings (SSSR count). The van der Waals surface area contributed by atoms with Crippen LogP contribution < -0.4 is 10.1 Å². The molecule has 1 amide bonds. The number of hydrogen-bond acceptors (Lipinski definition) is 3. The first-order chi connectivity index (χ1) is 9.65. The van der Waals surface area contributed by atoms with Gasteiger partial charge < -0.3 is 10.1 Å². The average Bonchev–Trinajstić information content (AvgIpc) is 2.90. The highest BCUT2D eigenvalue weighted by atomic mass is 79.9. The third-order valence-corrected chi connectivity index (χ3v) is 3.25. The van der Waals surface area contributed by atoms with Crippen molar-refractivity contribution in [2.75, 3.05) is 13.7 Å². The first kappa shape index (κ1) is 14.6. The number of aromatic nitrogens is 2. The van der Waals surface area contributed by atoms with Crippen LogP contribution >= 0.6 is 15.9 Å². The van der Waals surface area contributed by atoms with E-state index < -0.39 is 0 Å². The predicted molar refractivity (Wildman–Crippen MR) is 80.4 cm³/mol. The Morgan fingerprint density at radius 2 is 2.10 bits per heavy atom. The van der Waals surface area contributed by atoms with Gasteiger partial charge in [-0.3, -0.25) is 4.79 Å². The van der Waals surface area contributed by atoms with Crippen LogP contribution in [0.4, 0.5) is 0 Å². The molecule has 0 radical (unpaired) electrons. The molecule has 0 atom stereocenters. The van der Waals surface area contributed by atoms with Gasteiger partial charge in [0.25, 0.3) is 5.91 Å². The number of amides is 1. The predicted octanol–water partition coefficient (Wildman–Crippen LogP) is 2.78. The fourth-order valence-electron chi connectivity index (χ4n) is 1.72. The highest BCUT2D eigenvalue weighted by Gasteiger charge is 2.15. The Bertz CT molecular complexity index is 593. The summed E-state index contributed by atoms with van der Waals surface area (Å²) in [5.41, 5.74) is 1.18. The molecule has 0 aliphatic heterocycles. The first-order valence-corrected chi connectivity index (χ1v) is 7.13. The summed E-state index contributed by atoms with van der Waals surface area (Å²) in [4.78, 5) is 11.9. The number of methoxy groups -OCH3 is 1. The van der Waals surface area contributed by atoms with Crippen LogP contribution in [0.15, 0.2) is 34.8 Å². The summed E-state index contributed by atoms with van der Waals surface area (Å²) in [6, 6.07) is 9.24. The maximum absolute atomic E-state index is 11.9. The maximum atomic E-state index is 11.9. The summed E-state index contributed by atoms with van der Waals surface area (Å²) < 4.78 is 7.86. The number of benzene rings is 1. The normalized spacial score (nSPS) is 10.3. The molecule has 0 aliphatic rings. The smallest absolute Gasteiger partial charge is 0.271 e. The first-order valence-electron chi connectivity index (χ1n) is 6.34. The molecule has 2 aromatic rings. The quantitative estimate of drug-likeness (QED) is 0.912. The standard InChI is InChI=1S/C14H16BrN3O2/c1-3-8-16-14(19)12-9-13(20-2)18(17-12)11-6-4-10(15)5-7-11/h4-7,9H,3,8H2,1-2H3,(H,16,19). The largest absolute Gasteiger partial charge is 0.481 e. The van der Waals surface area contributed by atoms with E-state index >= 15 is 0 Å². The van der Waals surface area contributed by atoms with Crippen LogP contribution in [0.25, 0.3) is 5.69 Å². The number of carbonyl (C=O) groups excluding carboxylic acids is 1. The van der Waals surface area contributed by atoms with Crippen molar-refractivity contribution in [1.82, 2.24) is 15.1 Å². The molecular weight excluding hydrogens is 322 g/mol. The second-order valence-corrected chi connectivity index (χ2v) is 5.13. The summed E-state index contributed by atoms with van der Waals surface area (Å²) in [7, 11) is 1.56. The SMILES string of the molecule is CCCNC(=O)c1cc(OC)n(-c2ccc(Br)cc2)n1. The lowest BCUT2D eigenvalue weighted by Crippen LogP contribution is -2.24. The van der Waals surface area contributed by atoms with Crippen LogP contribution in [-0.2, 0) is 0 Å². The number of nitrogens with zero attached hydrogens (tertiary/aromatic N) is 2. The van der Waals surface area contributed by atoms with Crippen molar-refractivity contribution in [3.63, 3.8) is 0 Å². The Hall–Kier alpha value is -1.82. The van der Waals surface area contributed by atoms with Gasteiger partial charge >= 0.3 is 0 Å². The molecule has 0 unspecified atom stereocenters. The summed E-state index contributed by atoms with van der Waals surface area (Å²) in [6.45, 7) is 2.63. The molecule has 6 heteroatoms. The minimum Gasteiger partial charge on any atom is -0.481 e. The van der Waals surface area contributed by atoms with E-state index in [1.165, 1.54) is 0 Å². The molecule has 1 heterocycles. The van der Waals surface area contributed by atoms with Crippen molar-refractivity contribution in [1.29, 1.82) is 0 Å². The van der Waals surface area contributed by atoms with E-state index in [1.807, 2.05) is 31.2 Å². The molecule has 0 spiro atoms. The van der Waals surface area contributed by atoms with Gasteiger partial charge in [-0.15, -0.1) is 0 Å². The monoisotopic (exact) mass is 337 g/mol. The lowest BCUT2D eigenvalue weighted by molar-refractivity contribution is 0.0948. The molecule has 1 aromatic carbocycles. The molecule has 0 bridgehead atoms. The Morgan fingerprint density at radius 3 is 2.70 bits per heavy atom. The maximum Gasteiger partial charge on any atom is 0.271 e. The number of rotatable bonds is 5. The number of ether oxygens (including phenoxy) is 1. The summed E-state index contributed by atoms with van der Waals surface area (Å²) >= 11 is 3.39. The van der Waals surface area contributed by atoms with Crippen molar-refractivity contribution in [2.24, 2.45) is 0 Å². The van der Waals surface area contributed by atoms with E-state index in [-0.39, 0.29) is 5.91 Å². The zero-order valence-corrected chi connectivity index (χ0v) is 13.0. The van der Waals surface area contributed by atoms with Gasteiger partial charge in [-0.2, -0.15) is 5.10 Å². The topological polar surface area (TPSA) is 56.1 Å². The second-order valence-electron chi connectivity index (χ2n) is 4.22. The molecule has 0 saturated carbocycles. The van der Waals surface area contributed by atoms with Gasteiger partial charge in [0.15, 0.2) is 5.69 Å². The Labute approximate surface area is 126 Å². The van der Waals surface area contributed by atoms with E-state index in [0.29, 0.717) is 18.1 Å².